The van der Waals surface area contributed by atoms with Crippen molar-refractivity contribution in [2.45, 2.75) is 26.3 Å². The smallest absolute Gasteiger partial charge is 0.243 e. The van der Waals surface area contributed by atoms with Crippen LogP contribution >= 0.6 is 0 Å². The van der Waals surface area contributed by atoms with Crippen molar-refractivity contribution >= 4 is 11.9 Å². The summed E-state index contributed by atoms with van der Waals surface area (Å²) in [4.78, 5) is 17.4. The van der Waals surface area contributed by atoms with Gasteiger partial charge in [-0.25, -0.2) is 4.99 Å². The zero-order chi connectivity index (χ0) is 16.1. The number of amides is 1. The van der Waals surface area contributed by atoms with Crippen LogP contribution in [0.3, 0.4) is 0 Å². The Balaban J connectivity index is 4.32. The number of hydrogen-bond donors (Lipinski definition) is 2. The van der Waals surface area contributed by atoms with Crippen molar-refractivity contribution in [3.05, 3.63) is 0 Å². The maximum absolute atomic E-state index is 11.6. The van der Waals surface area contributed by atoms with Gasteiger partial charge in [-0.15, -0.1) is 0 Å². The van der Waals surface area contributed by atoms with Crippen LogP contribution in [0.2, 0.25) is 0 Å². The lowest BCUT2D eigenvalue weighted by molar-refractivity contribution is -0.127. The van der Waals surface area contributed by atoms with Gasteiger partial charge in [0.2, 0.25) is 5.91 Å². The zero-order valence-corrected chi connectivity index (χ0v) is 13.9. The van der Waals surface area contributed by atoms with Crippen LogP contribution in [-0.2, 0) is 14.3 Å². The van der Waals surface area contributed by atoms with Gasteiger partial charge in [0.05, 0.1) is 6.61 Å². The summed E-state index contributed by atoms with van der Waals surface area (Å²) in [5, 5.41) is 6.40. The fraction of sp³-hybridized carbons (Fsp3) is 0.857. The van der Waals surface area contributed by atoms with E-state index in [1.165, 1.54) is 4.90 Å². The maximum atomic E-state index is 11.6. The Hall–Kier alpha value is -1.34. The average molecular weight is 302 g/mol. The number of hydrogen-bond acceptors (Lipinski definition) is 4. The molecule has 124 valence electrons. The molecule has 21 heavy (non-hydrogen) atoms. The second kappa shape index (κ2) is 12.4. The lowest BCUT2D eigenvalue weighted by Crippen LogP contribution is -2.45. The Morgan fingerprint density at radius 2 is 2.10 bits per heavy atom. The first-order valence-corrected chi connectivity index (χ1v) is 7.32. The van der Waals surface area contributed by atoms with E-state index in [0.29, 0.717) is 19.2 Å². The van der Waals surface area contributed by atoms with Gasteiger partial charge in [-0.1, -0.05) is 0 Å². The third-order valence-electron chi connectivity index (χ3n) is 2.63. The average Bonchev–Trinajstić information content (AvgIpc) is 2.43. The first-order chi connectivity index (χ1) is 10.0. The summed E-state index contributed by atoms with van der Waals surface area (Å²) < 4.78 is 10.4. The molecule has 0 aromatic heterocycles. The summed E-state index contributed by atoms with van der Waals surface area (Å²) in [5.41, 5.74) is 0. The van der Waals surface area contributed by atoms with Crippen LogP contribution < -0.4 is 10.6 Å². The van der Waals surface area contributed by atoms with Crippen molar-refractivity contribution in [1.29, 1.82) is 0 Å². The van der Waals surface area contributed by atoms with E-state index >= 15 is 0 Å². The van der Waals surface area contributed by atoms with E-state index in [2.05, 4.69) is 15.6 Å². The highest BCUT2D eigenvalue weighted by atomic mass is 16.5. The number of aliphatic imine (C=N–C) groups is 1. The topological polar surface area (TPSA) is 75.2 Å². The minimum absolute atomic E-state index is 0.0372. The van der Waals surface area contributed by atoms with Gasteiger partial charge < -0.3 is 25.0 Å². The predicted molar refractivity (Wildman–Crippen MR) is 84.6 cm³/mol. The molecule has 7 heteroatoms. The number of rotatable bonds is 10. The molecule has 0 aliphatic carbocycles. The largest absolute Gasteiger partial charge is 0.383 e. The van der Waals surface area contributed by atoms with Crippen molar-refractivity contribution in [3.8, 4) is 0 Å². The molecule has 0 aliphatic rings. The van der Waals surface area contributed by atoms with Crippen LogP contribution in [0, 0.1) is 0 Å². The van der Waals surface area contributed by atoms with Gasteiger partial charge in [0.25, 0.3) is 0 Å². The third-order valence-corrected chi connectivity index (χ3v) is 2.63. The lowest BCUT2D eigenvalue weighted by Gasteiger charge is -2.18. The molecule has 0 spiro atoms. The van der Waals surface area contributed by atoms with E-state index in [1.54, 1.807) is 21.2 Å². The molecular weight excluding hydrogens is 272 g/mol. The standard InChI is InChI=1S/C14H30N4O3/c1-6-21-9-7-8-15-14(17-12(2)11-20-5)16-10-13(19)18(3)4/h12H,6-11H2,1-5H3,(H2,15,16,17). The van der Waals surface area contributed by atoms with Gasteiger partial charge in [0.1, 0.15) is 6.54 Å². The Morgan fingerprint density at radius 1 is 1.38 bits per heavy atom. The van der Waals surface area contributed by atoms with E-state index in [-0.39, 0.29) is 18.5 Å². The summed E-state index contributed by atoms with van der Waals surface area (Å²) in [6.07, 6.45) is 0.884. The molecule has 1 amide bonds. The van der Waals surface area contributed by atoms with E-state index in [1.807, 2.05) is 13.8 Å². The van der Waals surface area contributed by atoms with Crippen molar-refractivity contribution < 1.29 is 14.3 Å². The van der Waals surface area contributed by atoms with Crippen LogP contribution in [0.25, 0.3) is 0 Å². The highest BCUT2D eigenvalue weighted by Gasteiger charge is 2.07. The number of ether oxygens (including phenoxy) is 2. The number of nitrogens with one attached hydrogen (secondary N) is 2. The van der Waals surface area contributed by atoms with E-state index in [4.69, 9.17) is 9.47 Å². The lowest BCUT2D eigenvalue weighted by atomic mass is 10.3. The Kier molecular flexibility index (Phi) is 11.6. The molecular formula is C14H30N4O3. The predicted octanol–water partition coefficient (Wildman–Crippen LogP) is 0.0713. The van der Waals surface area contributed by atoms with Crippen LogP contribution in [-0.4, -0.2) is 76.9 Å². The molecule has 0 heterocycles. The van der Waals surface area contributed by atoms with Crippen LogP contribution in [0.1, 0.15) is 20.3 Å². The molecule has 0 saturated carbocycles. The normalized spacial score (nSPS) is 12.9. The molecule has 1 unspecified atom stereocenters. The summed E-state index contributed by atoms with van der Waals surface area (Å²) in [5.74, 6) is 0.580. The Bertz CT molecular complexity index is 309. The third kappa shape index (κ3) is 11.0. The van der Waals surface area contributed by atoms with Crippen LogP contribution in [0.5, 0.6) is 0 Å². The zero-order valence-electron chi connectivity index (χ0n) is 13.9. The highest BCUT2D eigenvalue weighted by molar-refractivity contribution is 5.84. The molecule has 0 aliphatic heterocycles. The minimum atomic E-state index is -0.0372. The molecule has 0 saturated heterocycles. The minimum Gasteiger partial charge on any atom is -0.383 e. The molecule has 0 bridgehead atoms. The fourth-order valence-electron chi connectivity index (χ4n) is 1.49. The Morgan fingerprint density at radius 3 is 2.67 bits per heavy atom. The summed E-state index contributed by atoms with van der Waals surface area (Å²) in [6.45, 7) is 6.83. The molecule has 1 atom stereocenters. The molecule has 0 fully saturated rings. The first kappa shape index (κ1) is 19.7. The van der Waals surface area contributed by atoms with Crippen molar-refractivity contribution in [2.24, 2.45) is 4.99 Å². The van der Waals surface area contributed by atoms with Crippen molar-refractivity contribution in [2.75, 3.05) is 54.1 Å². The number of carbonyl (C=O) groups excluding carboxylic acids is 1. The highest BCUT2D eigenvalue weighted by Crippen LogP contribution is 1.87. The van der Waals surface area contributed by atoms with Gasteiger partial charge in [-0.3, -0.25) is 4.79 Å². The fourth-order valence-corrected chi connectivity index (χ4v) is 1.49. The van der Waals surface area contributed by atoms with Gasteiger partial charge in [-0.05, 0) is 20.3 Å². The van der Waals surface area contributed by atoms with Crippen molar-refractivity contribution in [3.63, 3.8) is 0 Å². The first-order valence-electron chi connectivity index (χ1n) is 7.32. The van der Waals surface area contributed by atoms with Crippen molar-refractivity contribution in [1.82, 2.24) is 15.5 Å². The van der Waals surface area contributed by atoms with E-state index < -0.39 is 0 Å². The van der Waals surface area contributed by atoms with E-state index in [0.717, 1.165) is 19.6 Å². The summed E-state index contributed by atoms with van der Waals surface area (Å²) in [6, 6.07) is 0.114. The van der Waals surface area contributed by atoms with Gasteiger partial charge >= 0.3 is 0 Å². The molecule has 0 rings (SSSR count). The molecule has 0 aromatic rings. The number of carbonyl (C=O) groups is 1. The number of methoxy groups -OCH3 is 1. The SMILES string of the molecule is CCOCCCNC(=NCC(=O)N(C)C)NC(C)COC. The summed E-state index contributed by atoms with van der Waals surface area (Å²) in [7, 11) is 5.09. The molecule has 0 radical (unpaired) electrons. The van der Waals surface area contributed by atoms with Gasteiger partial charge in [0.15, 0.2) is 5.96 Å². The van der Waals surface area contributed by atoms with Crippen LogP contribution in [0.15, 0.2) is 4.99 Å². The molecule has 2 N–H and O–H groups in total. The maximum Gasteiger partial charge on any atom is 0.243 e. The second-order valence-electron chi connectivity index (χ2n) is 4.93. The van der Waals surface area contributed by atoms with E-state index in [9.17, 15) is 4.79 Å². The number of guanidine groups is 1. The number of nitrogens with zero attached hydrogens (tertiary/aromatic N) is 2. The number of likely N-dealkylation sites (N-methyl/N-ethyl adjacent to an activating group) is 1. The molecule has 0 aromatic carbocycles. The second-order valence-corrected chi connectivity index (χ2v) is 4.93. The van der Waals surface area contributed by atoms with Gasteiger partial charge in [-0.2, -0.15) is 0 Å². The van der Waals surface area contributed by atoms with Gasteiger partial charge in [0, 0.05) is 47.0 Å². The monoisotopic (exact) mass is 302 g/mol. The van der Waals surface area contributed by atoms with Crippen LogP contribution in [0.4, 0.5) is 0 Å². The Labute approximate surface area is 128 Å². The summed E-state index contributed by atoms with van der Waals surface area (Å²) >= 11 is 0. The molecule has 7 nitrogen and oxygen atoms in total. The quantitative estimate of drug-likeness (QED) is 0.339.